The molecule has 0 radical (unpaired) electrons. The minimum absolute atomic E-state index is 0.437. The average Bonchev–Trinajstić information content (AvgIpc) is 2.35. The van der Waals surface area contributed by atoms with Crippen molar-refractivity contribution < 1.29 is 0 Å². The summed E-state index contributed by atoms with van der Waals surface area (Å²) in [5.41, 5.74) is 0.437. The summed E-state index contributed by atoms with van der Waals surface area (Å²) in [5, 5.41) is 0. The Labute approximate surface area is 115 Å². The highest BCUT2D eigenvalue weighted by Crippen LogP contribution is 2.33. The lowest BCUT2D eigenvalue weighted by Gasteiger charge is -2.39. The summed E-state index contributed by atoms with van der Waals surface area (Å²) in [5.74, 6) is 1.03. The van der Waals surface area contributed by atoms with E-state index in [1.165, 1.54) is 38.6 Å². The van der Waals surface area contributed by atoms with Crippen molar-refractivity contribution in [3.63, 3.8) is 0 Å². The first-order chi connectivity index (χ1) is 8.09. The largest absolute Gasteiger partial charge is 0.300 e. The topological polar surface area (TPSA) is 3.24 Å². The van der Waals surface area contributed by atoms with Crippen molar-refractivity contribution in [1.82, 2.24) is 4.90 Å². The van der Waals surface area contributed by atoms with E-state index in [0.717, 1.165) is 12.3 Å². The molecule has 0 saturated heterocycles. The second-order valence-electron chi connectivity index (χ2n) is 5.48. The van der Waals surface area contributed by atoms with Gasteiger partial charge in [-0.25, -0.2) is 0 Å². The highest BCUT2D eigenvalue weighted by atomic mass is 32.1. The molecule has 1 atom stereocenters. The lowest BCUT2D eigenvalue weighted by molar-refractivity contribution is 0.116. The van der Waals surface area contributed by atoms with Crippen molar-refractivity contribution in [2.45, 2.75) is 72.8 Å². The van der Waals surface area contributed by atoms with E-state index < -0.39 is 0 Å². The van der Waals surface area contributed by atoms with Crippen LogP contribution in [0, 0.1) is 5.41 Å². The second-order valence-corrected chi connectivity index (χ2v) is 5.79. The molecule has 0 aromatic rings. The van der Waals surface area contributed by atoms with E-state index in [1.807, 2.05) is 0 Å². The lowest BCUT2D eigenvalue weighted by Crippen LogP contribution is -2.43. The Morgan fingerprint density at radius 3 is 1.88 bits per heavy atom. The monoisotopic (exact) mass is 259 g/mol. The Kier molecular flexibility index (Phi) is 9.44. The molecule has 0 aromatic carbocycles. The van der Waals surface area contributed by atoms with Crippen LogP contribution in [0.5, 0.6) is 0 Å². The average molecular weight is 260 g/mol. The molecule has 1 nitrogen and oxygen atoms in total. The van der Waals surface area contributed by atoms with Crippen LogP contribution in [-0.2, 0) is 0 Å². The number of hydrogen-bond donors (Lipinski definition) is 1. The van der Waals surface area contributed by atoms with Gasteiger partial charge in [-0.05, 0) is 43.9 Å². The van der Waals surface area contributed by atoms with E-state index in [-0.39, 0.29) is 0 Å². The van der Waals surface area contributed by atoms with E-state index in [9.17, 15) is 0 Å². The van der Waals surface area contributed by atoms with Crippen LogP contribution >= 0.6 is 12.6 Å². The van der Waals surface area contributed by atoms with Crippen molar-refractivity contribution in [3.05, 3.63) is 0 Å². The minimum atomic E-state index is 0.437. The maximum atomic E-state index is 4.65. The highest BCUT2D eigenvalue weighted by Gasteiger charge is 2.30. The standard InChI is InChI=1S/C15H33NS/c1-6-10-15(13-17,11-7-2)12-16(9-4)14(5)8-3/h14,17H,6-13H2,1-5H3. The molecule has 0 aliphatic carbocycles. The fourth-order valence-corrected chi connectivity index (χ4v) is 3.24. The van der Waals surface area contributed by atoms with E-state index in [1.54, 1.807) is 0 Å². The van der Waals surface area contributed by atoms with Crippen LogP contribution in [-0.4, -0.2) is 29.8 Å². The Balaban J connectivity index is 4.67. The summed E-state index contributed by atoms with van der Waals surface area (Å²) in [6, 6.07) is 0.702. The smallest absolute Gasteiger partial charge is 0.00644 e. The molecule has 0 N–H and O–H groups in total. The number of thiol groups is 1. The normalized spacial score (nSPS) is 14.3. The zero-order chi connectivity index (χ0) is 13.3. The molecule has 0 spiro atoms. The van der Waals surface area contributed by atoms with Crippen LogP contribution in [0.3, 0.4) is 0 Å². The van der Waals surface area contributed by atoms with Gasteiger partial charge in [0.05, 0.1) is 0 Å². The molecule has 0 bridgehead atoms. The van der Waals surface area contributed by atoms with Crippen molar-refractivity contribution in [3.8, 4) is 0 Å². The lowest BCUT2D eigenvalue weighted by atomic mass is 9.80. The van der Waals surface area contributed by atoms with Gasteiger partial charge in [-0.2, -0.15) is 12.6 Å². The van der Waals surface area contributed by atoms with Gasteiger partial charge in [0.2, 0.25) is 0 Å². The maximum Gasteiger partial charge on any atom is 0.00644 e. The molecule has 0 saturated carbocycles. The van der Waals surface area contributed by atoms with E-state index in [4.69, 9.17) is 0 Å². The van der Waals surface area contributed by atoms with Crippen molar-refractivity contribution in [1.29, 1.82) is 0 Å². The predicted molar refractivity (Wildman–Crippen MR) is 83.1 cm³/mol. The zero-order valence-electron chi connectivity index (χ0n) is 12.6. The van der Waals surface area contributed by atoms with Gasteiger partial charge in [-0.15, -0.1) is 0 Å². The summed E-state index contributed by atoms with van der Waals surface area (Å²) < 4.78 is 0. The van der Waals surface area contributed by atoms with Gasteiger partial charge < -0.3 is 4.90 Å². The van der Waals surface area contributed by atoms with Gasteiger partial charge >= 0.3 is 0 Å². The molecule has 1 unspecified atom stereocenters. The Bertz CT molecular complexity index is 176. The van der Waals surface area contributed by atoms with Gasteiger partial charge in [0.1, 0.15) is 0 Å². The summed E-state index contributed by atoms with van der Waals surface area (Å²) in [4.78, 5) is 2.64. The van der Waals surface area contributed by atoms with Crippen LogP contribution in [0.4, 0.5) is 0 Å². The van der Waals surface area contributed by atoms with Crippen molar-refractivity contribution >= 4 is 12.6 Å². The maximum absolute atomic E-state index is 4.65. The third-order valence-electron chi connectivity index (χ3n) is 4.05. The fraction of sp³-hybridized carbons (Fsp3) is 1.00. The predicted octanol–water partition coefficient (Wildman–Crippen LogP) is 4.62. The fourth-order valence-electron chi connectivity index (χ4n) is 2.82. The van der Waals surface area contributed by atoms with Gasteiger partial charge in [0.25, 0.3) is 0 Å². The van der Waals surface area contributed by atoms with Crippen LogP contribution in [0.2, 0.25) is 0 Å². The minimum Gasteiger partial charge on any atom is -0.300 e. The van der Waals surface area contributed by atoms with Crippen LogP contribution in [0.25, 0.3) is 0 Å². The Morgan fingerprint density at radius 2 is 1.59 bits per heavy atom. The molecule has 2 heteroatoms. The second kappa shape index (κ2) is 9.27. The van der Waals surface area contributed by atoms with Gasteiger partial charge in [0.15, 0.2) is 0 Å². The first kappa shape index (κ1) is 17.3. The molecular formula is C15H33NS. The van der Waals surface area contributed by atoms with E-state index >= 15 is 0 Å². The SMILES string of the molecule is CCCC(CS)(CCC)CN(CC)C(C)CC. The van der Waals surface area contributed by atoms with Crippen molar-refractivity contribution in [2.75, 3.05) is 18.8 Å². The summed E-state index contributed by atoms with van der Waals surface area (Å²) in [6.07, 6.45) is 6.43. The molecule has 0 heterocycles. The Hall–Kier alpha value is 0.310. The third-order valence-corrected chi connectivity index (χ3v) is 4.73. The molecule has 0 aliphatic rings. The highest BCUT2D eigenvalue weighted by molar-refractivity contribution is 7.80. The van der Waals surface area contributed by atoms with Crippen molar-refractivity contribution in [2.24, 2.45) is 5.41 Å². The molecule has 0 aromatic heterocycles. The van der Waals surface area contributed by atoms with Crippen LogP contribution < -0.4 is 0 Å². The number of hydrogen-bond acceptors (Lipinski definition) is 2. The van der Waals surface area contributed by atoms with Crippen LogP contribution in [0.15, 0.2) is 0 Å². The molecule has 0 fully saturated rings. The first-order valence-corrected chi connectivity index (χ1v) is 8.07. The molecule has 17 heavy (non-hydrogen) atoms. The number of rotatable bonds is 10. The third kappa shape index (κ3) is 5.65. The van der Waals surface area contributed by atoms with Gasteiger partial charge in [0, 0.05) is 12.6 Å². The van der Waals surface area contributed by atoms with Crippen LogP contribution in [0.1, 0.15) is 66.7 Å². The van der Waals surface area contributed by atoms with Gasteiger partial charge in [-0.1, -0.05) is 40.5 Å². The van der Waals surface area contributed by atoms with Gasteiger partial charge in [-0.3, -0.25) is 0 Å². The summed E-state index contributed by atoms with van der Waals surface area (Å²) >= 11 is 4.65. The molecule has 0 rings (SSSR count). The summed E-state index contributed by atoms with van der Waals surface area (Å²) in [6.45, 7) is 13.9. The Morgan fingerprint density at radius 1 is 1.06 bits per heavy atom. The molecule has 0 aliphatic heterocycles. The molecule has 0 amide bonds. The van der Waals surface area contributed by atoms with E-state index in [0.29, 0.717) is 11.5 Å². The molecular weight excluding hydrogens is 226 g/mol. The summed E-state index contributed by atoms with van der Waals surface area (Å²) in [7, 11) is 0. The zero-order valence-corrected chi connectivity index (χ0v) is 13.5. The number of nitrogens with zero attached hydrogens (tertiary/aromatic N) is 1. The first-order valence-electron chi connectivity index (χ1n) is 7.44. The quantitative estimate of drug-likeness (QED) is 0.560. The van der Waals surface area contributed by atoms with E-state index in [2.05, 4.69) is 52.1 Å². The molecule has 104 valence electrons.